The lowest BCUT2D eigenvalue weighted by atomic mass is 9.88. The third-order valence-corrected chi connectivity index (χ3v) is 3.68. The molecular formula is C14H20N2O2. The Labute approximate surface area is 107 Å². The highest BCUT2D eigenvalue weighted by Gasteiger charge is 2.37. The minimum Gasteiger partial charge on any atom is -0.394 e. The number of carbonyl (C=O) groups is 1. The van der Waals surface area contributed by atoms with Crippen molar-refractivity contribution in [3.63, 3.8) is 0 Å². The van der Waals surface area contributed by atoms with Gasteiger partial charge in [0.2, 0.25) is 5.91 Å². The number of amides is 1. The fraction of sp³-hybridized carbons (Fsp3) is 0.500. The zero-order chi connectivity index (χ0) is 13.0. The van der Waals surface area contributed by atoms with Gasteiger partial charge in [0.25, 0.3) is 0 Å². The largest absolute Gasteiger partial charge is 0.394 e. The molecule has 4 heteroatoms. The molecule has 18 heavy (non-hydrogen) atoms. The van der Waals surface area contributed by atoms with Crippen LogP contribution in [-0.4, -0.2) is 23.7 Å². The van der Waals surface area contributed by atoms with Crippen LogP contribution in [0.2, 0.25) is 0 Å². The summed E-state index contributed by atoms with van der Waals surface area (Å²) in [4.78, 5) is 11.9. The van der Waals surface area contributed by atoms with Gasteiger partial charge in [-0.3, -0.25) is 4.79 Å². The Morgan fingerprint density at radius 1 is 1.33 bits per heavy atom. The summed E-state index contributed by atoms with van der Waals surface area (Å²) in [5.74, 6) is -0.275. The summed E-state index contributed by atoms with van der Waals surface area (Å²) in [7, 11) is 0. The van der Waals surface area contributed by atoms with Crippen LogP contribution in [0.3, 0.4) is 0 Å². The van der Waals surface area contributed by atoms with Crippen molar-refractivity contribution in [1.29, 1.82) is 0 Å². The molecule has 1 amide bonds. The van der Waals surface area contributed by atoms with E-state index < -0.39 is 6.04 Å². The van der Waals surface area contributed by atoms with Crippen LogP contribution in [0.1, 0.15) is 31.2 Å². The van der Waals surface area contributed by atoms with Crippen LogP contribution >= 0.6 is 0 Å². The number of aliphatic hydroxyl groups is 1. The van der Waals surface area contributed by atoms with Gasteiger partial charge in [-0.2, -0.15) is 0 Å². The molecule has 0 aliphatic heterocycles. The molecule has 0 bridgehead atoms. The quantitative estimate of drug-likeness (QED) is 0.740. The van der Waals surface area contributed by atoms with Gasteiger partial charge in [-0.15, -0.1) is 0 Å². The van der Waals surface area contributed by atoms with Crippen molar-refractivity contribution in [2.45, 2.75) is 37.3 Å². The monoisotopic (exact) mass is 248 g/mol. The Balaban J connectivity index is 2.20. The zero-order valence-corrected chi connectivity index (χ0v) is 10.4. The summed E-state index contributed by atoms with van der Waals surface area (Å²) < 4.78 is 0. The zero-order valence-electron chi connectivity index (χ0n) is 10.4. The van der Waals surface area contributed by atoms with Crippen LogP contribution < -0.4 is 11.1 Å². The van der Waals surface area contributed by atoms with Gasteiger partial charge in [-0.05, 0) is 18.4 Å². The first-order chi connectivity index (χ1) is 8.68. The average Bonchev–Trinajstić information content (AvgIpc) is 2.88. The van der Waals surface area contributed by atoms with Crippen molar-refractivity contribution in [1.82, 2.24) is 5.32 Å². The topological polar surface area (TPSA) is 75.3 Å². The summed E-state index contributed by atoms with van der Waals surface area (Å²) in [6, 6.07) is 9.16. The van der Waals surface area contributed by atoms with Crippen molar-refractivity contribution >= 4 is 5.91 Å². The number of carbonyl (C=O) groups excluding carboxylic acids is 1. The first-order valence-electron chi connectivity index (χ1n) is 6.42. The second-order valence-corrected chi connectivity index (χ2v) is 4.93. The molecule has 1 unspecified atom stereocenters. The van der Waals surface area contributed by atoms with E-state index in [2.05, 4.69) is 5.32 Å². The van der Waals surface area contributed by atoms with Gasteiger partial charge in [0.05, 0.1) is 12.1 Å². The second-order valence-electron chi connectivity index (χ2n) is 4.93. The highest BCUT2D eigenvalue weighted by atomic mass is 16.3. The second kappa shape index (κ2) is 5.50. The van der Waals surface area contributed by atoms with E-state index in [1.165, 1.54) is 0 Å². The fourth-order valence-corrected chi connectivity index (χ4v) is 2.63. The highest BCUT2D eigenvalue weighted by molar-refractivity contribution is 5.82. The summed E-state index contributed by atoms with van der Waals surface area (Å²) in [6.45, 7) is -0.323. The molecule has 0 saturated heterocycles. The van der Waals surface area contributed by atoms with E-state index in [-0.39, 0.29) is 18.1 Å². The Hall–Kier alpha value is -1.39. The molecule has 1 aliphatic rings. The van der Waals surface area contributed by atoms with Gasteiger partial charge in [-0.25, -0.2) is 0 Å². The predicted octanol–water partition coefficient (Wildman–Crippen LogP) is 0.892. The first kappa shape index (κ1) is 13.1. The number of nitrogens with one attached hydrogen (secondary N) is 1. The van der Waals surface area contributed by atoms with Crippen LogP contribution in [0.5, 0.6) is 0 Å². The lowest BCUT2D eigenvalue weighted by molar-refractivity contribution is -0.125. The number of rotatable bonds is 4. The van der Waals surface area contributed by atoms with Crippen LogP contribution in [0.25, 0.3) is 0 Å². The first-order valence-corrected chi connectivity index (χ1v) is 6.42. The van der Waals surface area contributed by atoms with Crippen molar-refractivity contribution < 1.29 is 9.90 Å². The summed E-state index contributed by atoms with van der Waals surface area (Å²) in [5.41, 5.74) is 6.39. The highest BCUT2D eigenvalue weighted by Crippen LogP contribution is 2.38. The SMILES string of the molecule is NC(CO)C(=O)NC1(c2ccccc2)CCCC1. The lowest BCUT2D eigenvalue weighted by Gasteiger charge is -2.32. The Bertz CT molecular complexity index is 400. The molecule has 0 radical (unpaired) electrons. The number of hydrogen-bond acceptors (Lipinski definition) is 3. The van der Waals surface area contributed by atoms with Crippen LogP contribution in [-0.2, 0) is 10.3 Å². The van der Waals surface area contributed by atoms with E-state index in [4.69, 9.17) is 10.8 Å². The number of nitrogens with two attached hydrogens (primary N) is 1. The fourth-order valence-electron chi connectivity index (χ4n) is 2.63. The molecule has 0 spiro atoms. The Morgan fingerprint density at radius 3 is 2.50 bits per heavy atom. The maximum atomic E-state index is 11.9. The third-order valence-electron chi connectivity index (χ3n) is 3.68. The van der Waals surface area contributed by atoms with Crippen LogP contribution in [0.15, 0.2) is 30.3 Å². The minimum absolute atomic E-state index is 0.275. The summed E-state index contributed by atoms with van der Waals surface area (Å²) in [6.07, 6.45) is 4.06. The minimum atomic E-state index is -0.841. The maximum Gasteiger partial charge on any atom is 0.239 e. The molecule has 4 nitrogen and oxygen atoms in total. The molecule has 1 fully saturated rings. The van der Waals surface area contributed by atoms with Gasteiger partial charge < -0.3 is 16.2 Å². The van der Waals surface area contributed by atoms with Crippen molar-refractivity contribution in [3.05, 3.63) is 35.9 Å². The van der Waals surface area contributed by atoms with E-state index >= 15 is 0 Å². The van der Waals surface area contributed by atoms with Crippen molar-refractivity contribution in [2.75, 3.05) is 6.61 Å². The van der Waals surface area contributed by atoms with Gasteiger partial charge in [-0.1, -0.05) is 43.2 Å². The molecule has 1 aliphatic carbocycles. The Kier molecular flexibility index (Phi) is 3.99. The number of benzene rings is 1. The van der Waals surface area contributed by atoms with Gasteiger partial charge in [0.15, 0.2) is 0 Å². The number of aliphatic hydroxyl groups excluding tert-OH is 1. The average molecular weight is 248 g/mol. The van der Waals surface area contributed by atoms with Gasteiger partial charge in [0.1, 0.15) is 6.04 Å². The molecule has 0 heterocycles. The normalized spacial score (nSPS) is 19.4. The number of hydrogen-bond donors (Lipinski definition) is 3. The van der Waals surface area contributed by atoms with E-state index in [1.807, 2.05) is 30.3 Å². The molecule has 98 valence electrons. The summed E-state index contributed by atoms with van der Waals surface area (Å²) in [5, 5.41) is 12.0. The summed E-state index contributed by atoms with van der Waals surface area (Å²) >= 11 is 0. The standard InChI is InChI=1S/C14H20N2O2/c15-12(10-17)13(18)16-14(8-4-5-9-14)11-6-2-1-3-7-11/h1-3,6-7,12,17H,4-5,8-10,15H2,(H,16,18). The van der Waals surface area contributed by atoms with Crippen LogP contribution in [0, 0.1) is 0 Å². The molecule has 0 aromatic heterocycles. The van der Waals surface area contributed by atoms with Gasteiger partial charge >= 0.3 is 0 Å². The van der Waals surface area contributed by atoms with E-state index in [0.717, 1.165) is 31.2 Å². The third kappa shape index (κ3) is 2.54. The molecule has 4 N–H and O–H groups in total. The molecule has 1 saturated carbocycles. The lowest BCUT2D eigenvalue weighted by Crippen LogP contribution is -2.51. The predicted molar refractivity (Wildman–Crippen MR) is 69.8 cm³/mol. The van der Waals surface area contributed by atoms with E-state index in [0.29, 0.717) is 0 Å². The maximum absolute atomic E-state index is 11.9. The molecule has 1 aromatic carbocycles. The smallest absolute Gasteiger partial charge is 0.239 e. The van der Waals surface area contributed by atoms with Crippen molar-refractivity contribution in [3.8, 4) is 0 Å². The van der Waals surface area contributed by atoms with Crippen molar-refractivity contribution in [2.24, 2.45) is 5.73 Å². The molecule has 1 atom stereocenters. The molecular weight excluding hydrogens is 228 g/mol. The molecule has 2 rings (SSSR count). The Morgan fingerprint density at radius 2 is 1.94 bits per heavy atom. The van der Waals surface area contributed by atoms with Gasteiger partial charge in [0, 0.05) is 0 Å². The van der Waals surface area contributed by atoms with Crippen LogP contribution in [0.4, 0.5) is 0 Å². The van der Waals surface area contributed by atoms with E-state index in [1.54, 1.807) is 0 Å². The van der Waals surface area contributed by atoms with E-state index in [9.17, 15) is 4.79 Å². The molecule has 1 aromatic rings.